The van der Waals surface area contributed by atoms with Crippen LogP contribution < -0.4 is 5.32 Å². The number of amides is 1. The van der Waals surface area contributed by atoms with E-state index in [1.54, 1.807) is 12.1 Å². The summed E-state index contributed by atoms with van der Waals surface area (Å²) in [6, 6.07) is 8.34. The van der Waals surface area contributed by atoms with Crippen molar-refractivity contribution in [2.75, 3.05) is 12.8 Å². The van der Waals surface area contributed by atoms with Crippen LogP contribution in [0.5, 0.6) is 0 Å². The molecule has 1 N–H and O–H groups in total. The zero-order valence-corrected chi connectivity index (χ0v) is 14.4. The number of carbonyl (C=O) groups is 1. The zero-order chi connectivity index (χ0) is 17.6. The summed E-state index contributed by atoms with van der Waals surface area (Å²) in [4.78, 5) is 12.4. The number of nitriles is 1. The van der Waals surface area contributed by atoms with Crippen LogP contribution in [0, 0.1) is 35.0 Å². The van der Waals surface area contributed by atoms with E-state index in [1.165, 1.54) is 18.4 Å². The standard InChI is InChI=1S/C18H20N2O3S/c1-24(22,23)16-10-7-14(8-11-16)6-9-15-4-2-3-5-17(15)18(21)20-13-12-19/h7-8,10-11,15,17H,2-5,13H2,1H3,(H,20,21). The van der Waals surface area contributed by atoms with Crippen LogP contribution >= 0.6 is 0 Å². The average molecular weight is 344 g/mol. The summed E-state index contributed by atoms with van der Waals surface area (Å²) < 4.78 is 22.9. The number of benzene rings is 1. The van der Waals surface area contributed by atoms with Crippen molar-refractivity contribution in [2.24, 2.45) is 11.8 Å². The largest absolute Gasteiger partial charge is 0.343 e. The quantitative estimate of drug-likeness (QED) is 0.670. The van der Waals surface area contributed by atoms with Gasteiger partial charge in [-0.1, -0.05) is 24.7 Å². The first-order chi connectivity index (χ1) is 11.4. The second-order valence-corrected chi connectivity index (χ2v) is 7.95. The zero-order valence-electron chi connectivity index (χ0n) is 13.6. The predicted octanol–water partition coefficient (Wildman–Crippen LogP) is 1.89. The van der Waals surface area contributed by atoms with Crippen LogP contribution in [0.2, 0.25) is 0 Å². The normalized spacial score (nSPS) is 20.3. The van der Waals surface area contributed by atoms with E-state index in [-0.39, 0.29) is 29.2 Å². The van der Waals surface area contributed by atoms with Gasteiger partial charge in [-0.2, -0.15) is 5.26 Å². The monoisotopic (exact) mass is 344 g/mol. The second kappa shape index (κ2) is 7.99. The lowest BCUT2D eigenvalue weighted by Crippen LogP contribution is -2.36. The molecule has 2 atom stereocenters. The molecule has 0 saturated heterocycles. The van der Waals surface area contributed by atoms with Crippen LogP contribution in [0.3, 0.4) is 0 Å². The molecule has 2 unspecified atom stereocenters. The molecule has 1 saturated carbocycles. The van der Waals surface area contributed by atoms with E-state index in [2.05, 4.69) is 17.2 Å². The van der Waals surface area contributed by atoms with Crippen LogP contribution in [-0.2, 0) is 14.6 Å². The predicted molar refractivity (Wildman–Crippen MR) is 90.5 cm³/mol. The van der Waals surface area contributed by atoms with Crippen LogP contribution in [0.25, 0.3) is 0 Å². The van der Waals surface area contributed by atoms with Gasteiger partial charge in [0, 0.05) is 17.7 Å². The molecule has 1 aromatic rings. The lowest BCUT2D eigenvalue weighted by Gasteiger charge is -2.26. The van der Waals surface area contributed by atoms with Gasteiger partial charge in [-0.15, -0.1) is 0 Å². The fourth-order valence-corrected chi connectivity index (χ4v) is 3.47. The lowest BCUT2D eigenvalue weighted by atomic mass is 9.79. The Morgan fingerprint density at radius 2 is 1.92 bits per heavy atom. The minimum absolute atomic E-state index is 0.0163. The van der Waals surface area contributed by atoms with Gasteiger partial charge in [-0.05, 0) is 37.1 Å². The molecule has 24 heavy (non-hydrogen) atoms. The van der Waals surface area contributed by atoms with Crippen molar-refractivity contribution >= 4 is 15.7 Å². The lowest BCUT2D eigenvalue weighted by molar-refractivity contribution is -0.126. The fourth-order valence-electron chi connectivity index (χ4n) is 2.84. The van der Waals surface area contributed by atoms with E-state index in [1.807, 2.05) is 6.07 Å². The minimum Gasteiger partial charge on any atom is -0.343 e. The van der Waals surface area contributed by atoms with E-state index in [9.17, 15) is 13.2 Å². The van der Waals surface area contributed by atoms with Crippen molar-refractivity contribution in [1.82, 2.24) is 5.32 Å². The highest BCUT2D eigenvalue weighted by atomic mass is 32.2. The number of hydrogen-bond acceptors (Lipinski definition) is 4. The molecule has 1 aliphatic carbocycles. The molecule has 2 rings (SSSR count). The Morgan fingerprint density at radius 3 is 2.54 bits per heavy atom. The Balaban J connectivity index is 2.12. The molecule has 0 spiro atoms. The Kier molecular flexibility index (Phi) is 6.00. The van der Waals surface area contributed by atoms with Crippen molar-refractivity contribution in [3.8, 4) is 17.9 Å². The minimum atomic E-state index is -3.21. The molecule has 126 valence electrons. The number of nitrogens with zero attached hydrogens (tertiary/aromatic N) is 1. The van der Waals surface area contributed by atoms with Gasteiger partial charge in [-0.25, -0.2) is 8.42 Å². The summed E-state index contributed by atoms with van der Waals surface area (Å²) in [6.07, 6.45) is 4.84. The van der Waals surface area contributed by atoms with Gasteiger partial charge < -0.3 is 5.32 Å². The molecule has 0 bridgehead atoms. The average Bonchev–Trinajstić information content (AvgIpc) is 2.57. The summed E-state index contributed by atoms with van der Waals surface area (Å²) in [5.41, 5.74) is 0.726. The second-order valence-electron chi connectivity index (χ2n) is 5.94. The van der Waals surface area contributed by atoms with E-state index in [0.29, 0.717) is 0 Å². The van der Waals surface area contributed by atoms with E-state index >= 15 is 0 Å². The molecule has 0 radical (unpaired) electrons. The molecule has 1 fully saturated rings. The van der Waals surface area contributed by atoms with E-state index < -0.39 is 9.84 Å². The Hall–Kier alpha value is -2.31. The highest BCUT2D eigenvalue weighted by Crippen LogP contribution is 2.29. The molecule has 0 aliphatic heterocycles. The topological polar surface area (TPSA) is 87.0 Å². The number of rotatable bonds is 3. The fraction of sp³-hybridized carbons (Fsp3) is 0.444. The molecule has 0 aromatic heterocycles. The van der Waals surface area contributed by atoms with Gasteiger partial charge in [-0.3, -0.25) is 4.79 Å². The SMILES string of the molecule is CS(=O)(=O)c1ccc(C#CC2CCCCC2C(=O)NCC#N)cc1. The third-order valence-corrected chi connectivity index (χ3v) is 5.26. The van der Waals surface area contributed by atoms with Crippen molar-refractivity contribution in [3.05, 3.63) is 29.8 Å². The van der Waals surface area contributed by atoms with Gasteiger partial charge in [0.15, 0.2) is 9.84 Å². The van der Waals surface area contributed by atoms with Crippen LogP contribution in [0.1, 0.15) is 31.2 Å². The molecule has 1 amide bonds. The molecular formula is C18H20N2O3S. The Bertz CT molecular complexity index is 795. The van der Waals surface area contributed by atoms with Gasteiger partial charge in [0.1, 0.15) is 6.54 Å². The summed E-state index contributed by atoms with van der Waals surface area (Å²) in [6.45, 7) is 0.0163. The molecular weight excluding hydrogens is 324 g/mol. The highest BCUT2D eigenvalue weighted by Gasteiger charge is 2.29. The summed E-state index contributed by atoms with van der Waals surface area (Å²) in [5, 5.41) is 11.2. The van der Waals surface area contributed by atoms with Crippen molar-refractivity contribution < 1.29 is 13.2 Å². The Labute approximate surface area is 143 Å². The smallest absolute Gasteiger partial charge is 0.225 e. The van der Waals surface area contributed by atoms with Crippen molar-refractivity contribution in [1.29, 1.82) is 5.26 Å². The molecule has 0 heterocycles. The van der Waals surface area contributed by atoms with Crippen LogP contribution in [0.4, 0.5) is 0 Å². The summed E-state index contributed by atoms with van der Waals surface area (Å²) >= 11 is 0. The number of hydrogen-bond donors (Lipinski definition) is 1. The maximum absolute atomic E-state index is 12.1. The maximum Gasteiger partial charge on any atom is 0.225 e. The van der Waals surface area contributed by atoms with Crippen molar-refractivity contribution in [3.63, 3.8) is 0 Å². The third kappa shape index (κ3) is 4.84. The van der Waals surface area contributed by atoms with Gasteiger partial charge in [0.25, 0.3) is 0 Å². The van der Waals surface area contributed by atoms with Gasteiger partial charge >= 0.3 is 0 Å². The Morgan fingerprint density at radius 1 is 1.25 bits per heavy atom. The molecule has 6 heteroatoms. The number of nitrogens with one attached hydrogen (secondary N) is 1. The van der Waals surface area contributed by atoms with Crippen molar-refractivity contribution in [2.45, 2.75) is 30.6 Å². The van der Waals surface area contributed by atoms with Crippen LogP contribution in [0.15, 0.2) is 29.2 Å². The maximum atomic E-state index is 12.1. The van der Waals surface area contributed by atoms with Gasteiger partial charge in [0.05, 0.1) is 16.9 Å². The van der Waals surface area contributed by atoms with E-state index in [0.717, 1.165) is 31.2 Å². The summed E-state index contributed by atoms with van der Waals surface area (Å²) in [5.74, 6) is 5.88. The number of sulfone groups is 1. The van der Waals surface area contributed by atoms with Crippen LogP contribution in [-0.4, -0.2) is 27.1 Å². The highest BCUT2D eigenvalue weighted by molar-refractivity contribution is 7.90. The molecule has 5 nitrogen and oxygen atoms in total. The molecule has 1 aliphatic rings. The van der Waals surface area contributed by atoms with E-state index in [4.69, 9.17) is 5.26 Å². The third-order valence-electron chi connectivity index (χ3n) is 4.13. The first-order valence-electron chi connectivity index (χ1n) is 7.88. The first-order valence-corrected chi connectivity index (χ1v) is 9.77. The van der Waals surface area contributed by atoms with Gasteiger partial charge in [0.2, 0.25) is 5.91 Å². The first kappa shape index (κ1) is 18.0. The number of carbonyl (C=O) groups excluding carboxylic acids is 1. The molecule has 1 aromatic carbocycles. The summed E-state index contributed by atoms with van der Waals surface area (Å²) in [7, 11) is -3.21.